The van der Waals surface area contributed by atoms with Crippen molar-refractivity contribution in [2.24, 2.45) is 0 Å². The SMILES string of the molecule is O=C(Cn1cnc2ccccc21)c1ccc(I)cc1. The molecule has 0 aliphatic heterocycles. The Morgan fingerprint density at radius 2 is 1.84 bits per heavy atom. The zero-order chi connectivity index (χ0) is 13.2. The van der Waals surface area contributed by atoms with Crippen molar-refractivity contribution in [3.8, 4) is 0 Å². The molecule has 94 valence electrons. The van der Waals surface area contributed by atoms with Gasteiger partial charge in [0.25, 0.3) is 0 Å². The number of carbonyl (C=O) groups is 1. The molecule has 0 radical (unpaired) electrons. The predicted molar refractivity (Wildman–Crippen MR) is 83.2 cm³/mol. The molecule has 0 saturated heterocycles. The van der Waals surface area contributed by atoms with E-state index in [1.165, 1.54) is 0 Å². The molecule has 0 unspecified atom stereocenters. The summed E-state index contributed by atoms with van der Waals surface area (Å²) in [5.41, 5.74) is 2.64. The highest BCUT2D eigenvalue weighted by Gasteiger charge is 2.09. The fourth-order valence-corrected chi connectivity index (χ4v) is 2.38. The summed E-state index contributed by atoms with van der Waals surface area (Å²) in [5, 5.41) is 0. The molecular weight excluding hydrogens is 351 g/mol. The van der Waals surface area contributed by atoms with Crippen molar-refractivity contribution in [2.45, 2.75) is 6.54 Å². The molecule has 1 heterocycles. The molecule has 0 atom stereocenters. The number of carbonyl (C=O) groups excluding carboxylic acids is 1. The summed E-state index contributed by atoms with van der Waals surface area (Å²) in [6.07, 6.45) is 1.72. The van der Waals surface area contributed by atoms with Crippen LogP contribution in [0.15, 0.2) is 54.9 Å². The molecule has 1 aromatic heterocycles. The molecule has 0 fully saturated rings. The quantitative estimate of drug-likeness (QED) is 0.528. The third kappa shape index (κ3) is 2.53. The van der Waals surface area contributed by atoms with E-state index in [0.717, 1.165) is 20.2 Å². The Labute approximate surface area is 124 Å². The Morgan fingerprint density at radius 1 is 1.11 bits per heavy atom. The number of para-hydroxylation sites is 2. The molecule has 0 N–H and O–H groups in total. The minimum atomic E-state index is 0.0968. The van der Waals surface area contributed by atoms with Crippen LogP contribution in [-0.2, 0) is 6.54 Å². The van der Waals surface area contributed by atoms with E-state index in [-0.39, 0.29) is 5.78 Å². The Morgan fingerprint density at radius 3 is 2.63 bits per heavy atom. The summed E-state index contributed by atoms with van der Waals surface area (Å²) in [6, 6.07) is 15.4. The van der Waals surface area contributed by atoms with Gasteiger partial charge in [0.2, 0.25) is 0 Å². The van der Waals surface area contributed by atoms with E-state index in [0.29, 0.717) is 6.54 Å². The fourth-order valence-electron chi connectivity index (χ4n) is 2.02. The van der Waals surface area contributed by atoms with Gasteiger partial charge in [-0.2, -0.15) is 0 Å². The number of halogens is 1. The van der Waals surface area contributed by atoms with Crippen LogP contribution in [-0.4, -0.2) is 15.3 Å². The molecule has 0 aliphatic rings. The summed E-state index contributed by atoms with van der Waals surface area (Å²) < 4.78 is 3.01. The number of Topliss-reactive ketones (excluding diaryl/α,β-unsaturated/α-hetero) is 1. The van der Waals surface area contributed by atoms with Crippen LogP contribution in [0.4, 0.5) is 0 Å². The highest BCUT2D eigenvalue weighted by Crippen LogP contribution is 2.13. The van der Waals surface area contributed by atoms with Crippen molar-refractivity contribution in [3.63, 3.8) is 0 Å². The van der Waals surface area contributed by atoms with Crippen molar-refractivity contribution >= 4 is 39.4 Å². The number of ketones is 1. The van der Waals surface area contributed by atoms with Gasteiger partial charge in [0.15, 0.2) is 5.78 Å². The summed E-state index contributed by atoms with van der Waals surface area (Å²) in [5.74, 6) is 0.0968. The van der Waals surface area contributed by atoms with Gasteiger partial charge in [-0.05, 0) is 46.9 Å². The van der Waals surface area contributed by atoms with E-state index in [1.54, 1.807) is 6.33 Å². The van der Waals surface area contributed by atoms with Gasteiger partial charge in [0.05, 0.1) is 23.9 Å². The van der Waals surface area contributed by atoms with E-state index in [9.17, 15) is 4.79 Å². The van der Waals surface area contributed by atoms with Gasteiger partial charge in [0.1, 0.15) is 0 Å². The molecule has 0 amide bonds. The van der Waals surface area contributed by atoms with E-state index in [1.807, 2.05) is 53.1 Å². The Bertz CT molecular complexity index is 731. The number of nitrogens with zero attached hydrogens (tertiary/aromatic N) is 2. The normalized spacial score (nSPS) is 10.8. The lowest BCUT2D eigenvalue weighted by Gasteiger charge is -2.04. The second-order valence-electron chi connectivity index (χ2n) is 4.29. The van der Waals surface area contributed by atoms with Crippen LogP contribution in [0.5, 0.6) is 0 Å². The van der Waals surface area contributed by atoms with Gasteiger partial charge in [-0.3, -0.25) is 4.79 Å². The predicted octanol–water partition coefficient (Wildman–Crippen LogP) is 3.52. The molecule has 3 aromatic rings. The van der Waals surface area contributed by atoms with Crippen molar-refractivity contribution < 1.29 is 4.79 Å². The van der Waals surface area contributed by atoms with Gasteiger partial charge in [-0.25, -0.2) is 4.98 Å². The summed E-state index contributed by atoms with van der Waals surface area (Å²) in [6.45, 7) is 0.321. The molecule has 0 aliphatic carbocycles. The molecule has 3 rings (SSSR count). The first-order chi connectivity index (χ1) is 9.24. The summed E-state index contributed by atoms with van der Waals surface area (Å²) in [4.78, 5) is 16.5. The lowest BCUT2D eigenvalue weighted by Crippen LogP contribution is -2.09. The number of aromatic nitrogens is 2. The lowest BCUT2D eigenvalue weighted by molar-refractivity contribution is 0.0973. The molecule has 0 spiro atoms. The molecule has 4 heteroatoms. The average molecular weight is 362 g/mol. The van der Waals surface area contributed by atoms with E-state index < -0.39 is 0 Å². The second kappa shape index (κ2) is 5.13. The molecule has 0 bridgehead atoms. The van der Waals surface area contributed by atoms with Crippen molar-refractivity contribution in [1.82, 2.24) is 9.55 Å². The maximum atomic E-state index is 12.2. The second-order valence-corrected chi connectivity index (χ2v) is 5.54. The minimum absolute atomic E-state index is 0.0968. The van der Waals surface area contributed by atoms with Crippen LogP contribution in [0.2, 0.25) is 0 Å². The highest BCUT2D eigenvalue weighted by atomic mass is 127. The fraction of sp³-hybridized carbons (Fsp3) is 0.0667. The Balaban J connectivity index is 1.89. The van der Waals surface area contributed by atoms with Crippen LogP contribution >= 0.6 is 22.6 Å². The zero-order valence-corrected chi connectivity index (χ0v) is 12.2. The topological polar surface area (TPSA) is 34.9 Å². The van der Waals surface area contributed by atoms with Crippen molar-refractivity contribution in [3.05, 3.63) is 64.0 Å². The number of hydrogen-bond acceptors (Lipinski definition) is 2. The number of fused-ring (bicyclic) bond motifs is 1. The average Bonchev–Trinajstić information content (AvgIpc) is 2.83. The number of benzene rings is 2. The smallest absolute Gasteiger partial charge is 0.182 e. The van der Waals surface area contributed by atoms with Crippen LogP contribution < -0.4 is 0 Å². The highest BCUT2D eigenvalue weighted by molar-refractivity contribution is 14.1. The van der Waals surface area contributed by atoms with E-state index in [4.69, 9.17) is 0 Å². The third-order valence-corrected chi connectivity index (χ3v) is 3.73. The van der Waals surface area contributed by atoms with Gasteiger partial charge in [-0.15, -0.1) is 0 Å². The van der Waals surface area contributed by atoms with Crippen molar-refractivity contribution in [1.29, 1.82) is 0 Å². The Hall–Kier alpha value is -1.69. The zero-order valence-electron chi connectivity index (χ0n) is 10.1. The maximum Gasteiger partial charge on any atom is 0.182 e. The first kappa shape index (κ1) is 12.3. The third-order valence-electron chi connectivity index (χ3n) is 3.01. The number of imidazole rings is 1. The minimum Gasteiger partial charge on any atom is -0.323 e. The van der Waals surface area contributed by atoms with Crippen LogP contribution in [0.3, 0.4) is 0 Å². The standard InChI is InChI=1S/C15H11IN2O/c16-12-7-5-11(6-8-12)15(19)9-18-10-17-13-3-1-2-4-14(13)18/h1-8,10H,9H2. The van der Waals surface area contributed by atoms with Gasteiger partial charge in [-0.1, -0.05) is 24.3 Å². The first-order valence-corrected chi connectivity index (χ1v) is 7.00. The number of hydrogen-bond donors (Lipinski definition) is 0. The summed E-state index contributed by atoms with van der Waals surface area (Å²) >= 11 is 2.23. The lowest BCUT2D eigenvalue weighted by atomic mass is 10.1. The molecule has 3 nitrogen and oxygen atoms in total. The molecule has 0 saturated carbocycles. The molecular formula is C15H11IN2O. The Kier molecular flexibility index (Phi) is 3.33. The summed E-state index contributed by atoms with van der Waals surface area (Å²) in [7, 11) is 0. The van der Waals surface area contributed by atoms with Crippen LogP contribution in [0, 0.1) is 3.57 Å². The van der Waals surface area contributed by atoms with E-state index >= 15 is 0 Å². The maximum absolute atomic E-state index is 12.2. The van der Waals surface area contributed by atoms with Gasteiger partial charge in [0, 0.05) is 9.13 Å². The van der Waals surface area contributed by atoms with Crippen LogP contribution in [0.1, 0.15) is 10.4 Å². The monoisotopic (exact) mass is 362 g/mol. The van der Waals surface area contributed by atoms with Crippen LogP contribution in [0.25, 0.3) is 11.0 Å². The van der Waals surface area contributed by atoms with Gasteiger partial charge >= 0.3 is 0 Å². The van der Waals surface area contributed by atoms with E-state index in [2.05, 4.69) is 27.6 Å². The van der Waals surface area contributed by atoms with Crippen molar-refractivity contribution in [2.75, 3.05) is 0 Å². The largest absolute Gasteiger partial charge is 0.323 e. The number of rotatable bonds is 3. The van der Waals surface area contributed by atoms with Gasteiger partial charge < -0.3 is 4.57 Å². The molecule has 19 heavy (non-hydrogen) atoms. The first-order valence-electron chi connectivity index (χ1n) is 5.93. The molecule has 2 aromatic carbocycles.